The molecule has 0 fully saturated rings. The molecule has 0 atom stereocenters. The summed E-state index contributed by atoms with van der Waals surface area (Å²) in [6, 6.07) is 9.81. The number of amides is 2. The highest BCUT2D eigenvalue weighted by atomic mass is 35.5. The van der Waals surface area contributed by atoms with Crippen molar-refractivity contribution in [3.05, 3.63) is 47.0 Å². The standard InChI is InChI=1S/C16H13ClN2O4/c1-22-10-4-2-9(3-5-10)16(21)19-12-7-14-13(6-11(12)17)18-15(20)8-23-14/h2-7H,8H2,1H3,(H,18,20)(H,19,21). The van der Waals surface area contributed by atoms with E-state index in [1.807, 2.05) is 0 Å². The van der Waals surface area contributed by atoms with E-state index in [9.17, 15) is 9.59 Å². The van der Waals surface area contributed by atoms with Crippen LogP contribution in [0.1, 0.15) is 10.4 Å². The number of ether oxygens (including phenoxy) is 2. The predicted molar refractivity (Wildman–Crippen MR) is 86.5 cm³/mol. The van der Waals surface area contributed by atoms with E-state index in [1.165, 1.54) is 6.07 Å². The monoisotopic (exact) mass is 332 g/mol. The molecule has 2 aromatic carbocycles. The second-order valence-electron chi connectivity index (χ2n) is 4.85. The highest BCUT2D eigenvalue weighted by Gasteiger charge is 2.19. The zero-order valence-corrected chi connectivity index (χ0v) is 12.9. The minimum Gasteiger partial charge on any atom is -0.497 e. The molecule has 6 nitrogen and oxygen atoms in total. The van der Waals surface area contributed by atoms with Gasteiger partial charge in [0, 0.05) is 11.6 Å². The minimum atomic E-state index is -0.311. The van der Waals surface area contributed by atoms with Crippen LogP contribution in [0.15, 0.2) is 36.4 Å². The molecule has 7 heteroatoms. The van der Waals surface area contributed by atoms with Crippen LogP contribution in [0.25, 0.3) is 0 Å². The van der Waals surface area contributed by atoms with E-state index >= 15 is 0 Å². The van der Waals surface area contributed by atoms with Crippen LogP contribution in [0.2, 0.25) is 5.02 Å². The maximum Gasteiger partial charge on any atom is 0.262 e. The first-order valence-corrected chi connectivity index (χ1v) is 7.16. The number of hydrogen-bond acceptors (Lipinski definition) is 4. The Labute approximate surface area is 137 Å². The van der Waals surface area contributed by atoms with Gasteiger partial charge in [0.2, 0.25) is 0 Å². The van der Waals surface area contributed by atoms with Gasteiger partial charge in [0.25, 0.3) is 11.8 Å². The maximum atomic E-state index is 12.3. The SMILES string of the molecule is COc1ccc(C(=O)Nc2cc3c(cc2Cl)NC(=O)CO3)cc1. The Kier molecular flexibility index (Phi) is 4.08. The Hall–Kier alpha value is -2.73. The van der Waals surface area contributed by atoms with E-state index in [-0.39, 0.29) is 18.4 Å². The van der Waals surface area contributed by atoms with E-state index in [0.717, 1.165) is 0 Å². The van der Waals surface area contributed by atoms with Crippen LogP contribution in [-0.2, 0) is 4.79 Å². The number of benzene rings is 2. The summed E-state index contributed by atoms with van der Waals surface area (Å²) < 4.78 is 10.4. The molecular weight excluding hydrogens is 320 g/mol. The van der Waals surface area contributed by atoms with Gasteiger partial charge in [-0.25, -0.2) is 0 Å². The molecule has 1 aliphatic rings. The quantitative estimate of drug-likeness (QED) is 0.906. The van der Waals surface area contributed by atoms with Crippen LogP contribution in [0.4, 0.5) is 11.4 Å². The zero-order chi connectivity index (χ0) is 16.4. The molecule has 0 aromatic heterocycles. The number of carbonyl (C=O) groups excluding carboxylic acids is 2. The number of halogens is 1. The molecule has 3 rings (SSSR count). The van der Waals surface area contributed by atoms with Crippen molar-refractivity contribution in [2.45, 2.75) is 0 Å². The average molecular weight is 333 g/mol. The third kappa shape index (κ3) is 3.22. The Balaban J connectivity index is 1.81. The fourth-order valence-electron chi connectivity index (χ4n) is 2.13. The Morgan fingerprint density at radius 3 is 2.74 bits per heavy atom. The Bertz CT molecular complexity index is 774. The first-order valence-electron chi connectivity index (χ1n) is 6.78. The molecule has 0 saturated carbocycles. The summed E-state index contributed by atoms with van der Waals surface area (Å²) >= 11 is 6.15. The van der Waals surface area contributed by atoms with Gasteiger partial charge in [-0.15, -0.1) is 0 Å². The zero-order valence-electron chi connectivity index (χ0n) is 12.2. The molecule has 23 heavy (non-hydrogen) atoms. The topological polar surface area (TPSA) is 76.7 Å². The van der Waals surface area contributed by atoms with Crippen LogP contribution in [-0.4, -0.2) is 25.5 Å². The molecule has 0 bridgehead atoms. The lowest BCUT2D eigenvalue weighted by atomic mass is 10.2. The van der Waals surface area contributed by atoms with Crippen molar-refractivity contribution in [2.24, 2.45) is 0 Å². The van der Waals surface area contributed by atoms with Crippen LogP contribution in [0.3, 0.4) is 0 Å². The lowest BCUT2D eigenvalue weighted by Crippen LogP contribution is -2.25. The number of carbonyl (C=O) groups is 2. The predicted octanol–water partition coefficient (Wildman–Crippen LogP) is 2.93. The maximum absolute atomic E-state index is 12.3. The molecule has 1 heterocycles. The number of nitrogens with one attached hydrogen (secondary N) is 2. The van der Waals surface area contributed by atoms with Crippen molar-refractivity contribution >= 4 is 34.8 Å². The second-order valence-corrected chi connectivity index (χ2v) is 5.25. The normalized spacial score (nSPS) is 12.7. The molecular formula is C16H13ClN2O4. The summed E-state index contributed by atoms with van der Waals surface area (Å²) in [5.41, 5.74) is 1.35. The molecule has 0 spiro atoms. The summed E-state index contributed by atoms with van der Waals surface area (Å²) in [5.74, 6) is 0.564. The second kappa shape index (κ2) is 6.18. The molecule has 1 aliphatic heterocycles. The van der Waals surface area contributed by atoms with Gasteiger partial charge < -0.3 is 20.1 Å². The average Bonchev–Trinajstić information content (AvgIpc) is 2.55. The molecule has 2 aromatic rings. The van der Waals surface area contributed by atoms with E-state index < -0.39 is 0 Å². The molecule has 0 saturated heterocycles. The van der Waals surface area contributed by atoms with Gasteiger partial charge >= 0.3 is 0 Å². The summed E-state index contributed by atoms with van der Waals surface area (Å²) in [7, 11) is 1.56. The minimum absolute atomic E-state index is 0.0689. The van der Waals surface area contributed by atoms with Gasteiger partial charge in [0.05, 0.1) is 23.5 Å². The van der Waals surface area contributed by atoms with Gasteiger partial charge in [-0.1, -0.05) is 11.6 Å². The smallest absolute Gasteiger partial charge is 0.262 e. The number of hydrogen-bond donors (Lipinski definition) is 2. The fourth-order valence-corrected chi connectivity index (χ4v) is 2.34. The first kappa shape index (κ1) is 15.2. The Morgan fingerprint density at radius 1 is 1.30 bits per heavy atom. The molecule has 0 aliphatic carbocycles. The van der Waals surface area contributed by atoms with Crippen LogP contribution in [0.5, 0.6) is 11.5 Å². The van der Waals surface area contributed by atoms with Gasteiger partial charge in [0.1, 0.15) is 11.5 Å². The summed E-state index contributed by atoms with van der Waals surface area (Å²) in [6.45, 7) is -0.0689. The lowest BCUT2D eigenvalue weighted by molar-refractivity contribution is -0.118. The van der Waals surface area contributed by atoms with E-state index in [0.29, 0.717) is 33.5 Å². The van der Waals surface area contributed by atoms with Gasteiger partial charge in [-0.3, -0.25) is 9.59 Å². The van der Waals surface area contributed by atoms with Crippen LogP contribution >= 0.6 is 11.6 Å². The van der Waals surface area contributed by atoms with E-state index in [4.69, 9.17) is 21.1 Å². The first-order chi connectivity index (χ1) is 11.1. The Morgan fingerprint density at radius 2 is 2.04 bits per heavy atom. The third-order valence-corrected chi connectivity index (χ3v) is 3.62. The number of rotatable bonds is 3. The number of fused-ring (bicyclic) bond motifs is 1. The molecule has 0 radical (unpaired) electrons. The van der Waals surface area contributed by atoms with Gasteiger partial charge in [0.15, 0.2) is 6.61 Å². The highest BCUT2D eigenvalue weighted by Crippen LogP contribution is 2.36. The molecule has 0 unspecified atom stereocenters. The summed E-state index contributed by atoms with van der Waals surface area (Å²) in [6.07, 6.45) is 0. The van der Waals surface area contributed by atoms with Crippen molar-refractivity contribution in [2.75, 3.05) is 24.4 Å². The van der Waals surface area contributed by atoms with Gasteiger partial charge in [-0.05, 0) is 30.3 Å². The summed E-state index contributed by atoms with van der Waals surface area (Å²) in [5, 5.41) is 5.67. The van der Waals surface area contributed by atoms with Crippen molar-refractivity contribution in [1.29, 1.82) is 0 Å². The lowest BCUT2D eigenvalue weighted by Gasteiger charge is -2.19. The fraction of sp³-hybridized carbons (Fsp3) is 0.125. The van der Waals surface area contributed by atoms with Crippen LogP contribution < -0.4 is 20.1 Å². The summed E-state index contributed by atoms with van der Waals surface area (Å²) in [4.78, 5) is 23.5. The highest BCUT2D eigenvalue weighted by molar-refractivity contribution is 6.34. The van der Waals surface area contributed by atoms with Crippen molar-refractivity contribution in [3.63, 3.8) is 0 Å². The van der Waals surface area contributed by atoms with Gasteiger partial charge in [-0.2, -0.15) is 0 Å². The van der Waals surface area contributed by atoms with Crippen molar-refractivity contribution in [1.82, 2.24) is 0 Å². The third-order valence-electron chi connectivity index (χ3n) is 3.30. The molecule has 2 amide bonds. The van der Waals surface area contributed by atoms with E-state index in [1.54, 1.807) is 37.4 Å². The molecule has 118 valence electrons. The largest absolute Gasteiger partial charge is 0.497 e. The van der Waals surface area contributed by atoms with E-state index in [2.05, 4.69) is 10.6 Å². The number of methoxy groups -OCH3 is 1. The van der Waals surface area contributed by atoms with Crippen molar-refractivity contribution in [3.8, 4) is 11.5 Å². The van der Waals surface area contributed by atoms with Crippen molar-refractivity contribution < 1.29 is 19.1 Å². The molecule has 2 N–H and O–H groups in total. The number of anilines is 2. The van der Waals surface area contributed by atoms with Crippen LogP contribution in [0, 0.1) is 0 Å².